The predicted molar refractivity (Wildman–Crippen MR) is 172 cm³/mol. The summed E-state index contributed by atoms with van der Waals surface area (Å²) in [6, 6.07) is 15.5. The molecule has 1 spiro atoms. The Morgan fingerprint density at radius 1 is 1.04 bits per heavy atom. The fourth-order valence-corrected chi connectivity index (χ4v) is 6.63. The van der Waals surface area contributed by atoms with Crippen LogP contribution >= 0.6 is 0 Å². The minimum Gasteiger partial charge on any atom is -0.480 e. The molecule has 0 bridgehead atoms. The van der Waals surface area contributed by atoms with E-state index in [0.29, 0.717) is 43.5 Å². The van der Waals surface area contributed by atoms with Crippen molar-refractivity contribution in [2.24, 2.45) is 5.41 Å². The van der Waals surface area contributed by atoms with Gasteiger partial charge in [0.1, 0.15) is 17.7 Å². The fourth-order valence-electron chi connectivity index (χ4n) is 6.63. The summed E-state index contributed by atoms with van der Waals surface area (Å²) in [5.41, 5.74) is 3.49. The van der Waals surface area contributed by atoms with Crippen molar-refractivity contribution >= 4 is 11.8 Å². The van der Waals surface area contributed by atoms with E-state index in [0.717, 1.165) is 29.5 Å². The third-order valence-electron chi connectivity index (χ3n) is 9.31. The van der Waals surface area contributed by atoms with Crippen LogP contribution < -0.4 is 15.0 Å². The lowest BCUT2D eigenvalue weighted by Gasteiger charge is -2.39. The van der Waals surface area contributed by atoms with E-state index in [4.69, 9.17) is 4.74 Å². The third kappa shape index (κ3) is 6.97. The highest BCUT2D eigenvalue weighted by molar-refractivity contribution is 5.74. The number of aryl methyl sites for hydroxylation is 2. The Hall–Kier alpha value is -4.45. The molecule has 4 aromatic rings. The van der Waals surface area contributed by atoms with Crippen LogP contribution in [0.3, 0.4) is 0 Å². The highest BCUT2D eigenvalue weighted by Crippen LogP contribution is 2.43. The van der Waals surface area contributed by atoms with Crippen molar-refractivity contribution in [3.05, 3.63) is 83.4 Å². The van der Waals surface area contributed by atoms with Gasteiger partial charge in [0.05, 0.1) is 11.4 Å². The van der Waals surface area contributed by atoms with Gasteiger partial charge in [-0.3, -0.25) is 4.79 Å². The number of hydrogen-bond acceptors (Lipinski definition) is 7. The quantitative estimate of drug-likeness (QED) is 0.215. The van der Waals surface area contributed by atoms with Crippen LogP contribution in [0.15, 0.2) is 60.8 Å². The molecule has 6 rings (SSSR count). The van der Waals surface area contributed by atoms with Gasteiger partial charge < -0.3 is 20.1 Å². The van der Waals surface area contributed by atoms with Crippen molar-refractivity contribution < 1.29 is 27.8 Å². The van der Waals surface area contributed by atoms with Crippen molar-refractivity contribution in [3.63, 3.8) is 0 Å². The zero-order valence-electron chi connectivity index (χ0n) is 26.9. The molecular weight excluding hydrogens is 609 g/mol. The zero-order valence-corrected chi connectivity index (χ0v) is 26.9. The molecule has 2 N–H and O–H groups in total. The van der Waals surface area contributed by atoms with Crippen LogP contribution in [0.5, 0.6) is 5.88 Å². The van der Waals surface area contributed by atoms with Gasteiger partial charge in [-0.15, -0.1) is 0 Å². The Bertz CT molecular complexity index is 1760. The first-order valence-corrected chi connectivity index (χ1v) is 15.9. The summed E-state index contributed by atoms with van der Waals surface area (Å²) >= 11 is 0. The second-order valence-electron chi connectivity index (χ2n) is 13.1. The van der Waals surface area contributed by atoms with Gasteiger partial charge in [-0.25, -0.2) is 9.67 Å². The number of piperidine rings is 1. The molecule has 0 amide bonds. The topological polar surface area (TPSA) is 105 Å². The smallest absolute Gasteiger partial charge is 0.429 e. The van der Waals surface area contributed by atoms with Gasteiger partial charge in [0.2, 0.25) is 12.0 Å². The summed E-state index contributed by atoms with van der Waals surface area (Å²) in [5, 5.41) is 17.0. The summed E-state index contributed by atoms with van der Waals surface area (Å²) in [5.74, 6) is 0.0296. The van der Waals surface area contributed by atoms with E-state index in [9.17, 15) is 23.1 Å². The van der Waals surface area contributed by atoms with E-state index in [1.807, 2.05) is 23.1 Å². The van der Waals surface area contributed by atoms with Gasteiger partial charge in [-0.1, -0.05) is 50.2 Å². The zero-order chi connectivity index (χ0) is 33.5. The Kier molecular flexibility index (Phi) is 8.73. The van der Waals surface area contributed by atoms with Crippen LogP contribution in [-0.2, 0) is 4.79 Å². The minimum absolute atomic E-state index is 0.0937. The second-order valence-corrected chi connectivity index (χ2v) is 13.1. The number of alkyl halides is 3. The maximum absolute atomic E-state index is 14.9. The van der Waals surface area contributed by atoms with Crippen molar-refractivity contribution in [3.8, 4) is 22.7 Å². The molecule has 4 heterocycles. The summed E-state index contributed by atoms with van der Waals surface area (Å²) in [6.45, 7) is 9.41. The second kappa shape index (κ2) is 12.6. The maximum Gasteiger partial charge on any atom is 0.429 e. The highest BCUT2D eigenvalue weighted by Gasteiger charge is 2.46. The van der Waals surface area contributed by atoms with Gasteiger partial charge in [0.25, 0.3) is 0 Å². The average molecular weight is 649 g/mol. The van der Waals surface area contributed by atoms with E-state index in [1.54, 1.807) is 38.2 Å². The Morgan fingerprint density at radius 2 is 1.79 bits per heavy atom. The monoisotopic (exact) mass is 648 g/mol. The molecule has 2 aromatic heterocycles. The molecular formula is C35H39F3N6O3. The number of hydrogen-bond donors (Lipinski definition) is 2. The number of ether oxygens (including phenoxy) is 1. The van der Waals surface area contributed by atoms with Crippen molar-refractivity contribution in [1.82, 2.24) is 25.1 Å². The molecule has 1 unspecified atom stereocenters. The molecule has 0 aliphatic carbocycles. The summed E-state index contributed by atoms with van der Waals surface area (Å²) in [4.78, 5) is 22.2. The van der Waals surface area contributed by atoms with Gasteiger partial charge in [0.15, 0.2) is 0 Å². The van der Waals surface area contributed by atoms with Crippen molar-refractivity contribution in [2.75, 3.05) is 24.5 Å². The molecule has 2 aliphatic rings. The number of halogens is 3. The number of carbonyl (C=O) groups is 1. The van der Waals surface area contributed by atoms with Crippen molar-refractivity contribution in [2.45, 2.75) is 71.2 Å². The molecule has 2 aromatic carbocycles. The normalized spacial score (nSPS) is 18.6. The molecule has 12 heteroatoms. The molecule has 9 nitrogen and oxygen atoms in total. The van der Waals surface area contributed by atoms with E-state index in [2.05, 4.69) is 40.3 Å². The van der Waals surface area contributed by atoms with E-state index >= 15 is 0 Å². The number of anilines is 1. The molecule has 0 radical (unpaired) electrons. The molecule has 47 heavy (non-hydrogen) atoms. The molecule has 2 atom stereocenters. The van der Waals surface area contributed by atoms with Crippen LogP contribution in [0, 0.1) is 19.3 Å². The number of nitrogens with one attached hydrogen (secondary N) is 1. The number of benzene rings is 2. The summed E-state index contributed by atoms with van der Waals surface area (Å²) < 4.78 is 52.0. The molecule has 0 saturated carbocycles. The molecule has 248 valence electrons. The summed E-state index contributed by atoms with van der Waals surface area (Å²) in [7, 11) is 0. The van der Waals surface area contributed by atoms with E-state index < -0.39 is 24.3 Å². The largest absolute Gasteiger partial charge is 0.480 e. The lowest BCUT2D eigenvalue weighted by molar-refractivity contribution is -0.198. The molecule has 2 aliphatic heterocycles. The maximum atomic E-state index is 14.9. The van der Waals surface area contributed by atoms with Gasteiger partial charge in [0, 0.05) is 37.5 Å². The van der Waals surface area contributed by atoms with E-state index in [-0.39, 0.29) is 28.4 Å². The van der Waals surface area contributed by atoms with Gasteiger partial charge in [-0.05, 0) is 73.3 Å². The molecule has 2 saturated heterocycles. The number of rotatable bonds is 8. The number of aromatic nitrogens is 4. The van der Waals surface area contributed by atoms with Crippen LogP contribution in [0.4, 0.5) is 19.0 Å². The van der Waals surface area contributed by atoms with Gasteiger partial charge in [-0.2, -0.15) is 23.3 Å². The summed E-state index contributed by atoms with van der Waals surface area (Å²) in [6.07, 6.45) is -3.42. The Morgan fingerprint density at radius 3 is 2.43 bits per heavy atom. The van der Waals surface area contributed by atoms with E-state index in [1.165, 1.54) is 16.8 Å². The standard InChI is InChI=1S/C35H39F3N6O3/c1-21(2)24-6-5-7-25(16-24)26-8-9-27(29(17-26)44-13-10-22(3)42-44)32(35(36,37)38)47-31-18-30(40-23(4)41-31)43-14-11-34(12-15-43)19-28(33(45)46)39-20-34/h5-10,13,16-18,21,28,32,39H,11-12,14-15,19-20H2,1-4H3,(H,45,46)/t28-,32?/m0/s1. The average Bonchev–Trinajstić information content (AvgIpc) is 3.66. The number of aliphatic carboxylic acids is 1. The SMILES string of the molecule is Cc1ccn(-c2cc(-c3cccc(C(C)C)c3)ccc2C(Oc2cc(N3CCC4(CC3)CN[C@H](C(=O)O)C4)nc(C)n2)C(F)(F)F)n1. The van der Waals surface area contributed by atoms with Crippen LogP contribution in [0.2, 0.25) is 0 Å². The highest BCUT2D eigenvalue weighted by atomic mass is 19.4. The lowest BCUT2D eigenvalue weighted by Crippen LogP contribution is -2.41. The van der Waals surface area contributed by atoms with Crippen LogP contribution in [-0.4, -0.2) is 62.7 Å². The Balaban J connectivity index is 1.31. The first-order valence-electron chi connectivity index (χ1n) is 15.9. The van der Waals surface area contributed by atoms with Crippen LogP contribution in [0.1, 0.15) is 67.8 Å². The number of nitrogens with zero attached hydrogens (tertiary/aromatic N) is 5. The lowest BCUT2D eigenvalue weighted by atomic mass is 9.76. The first kappa shape index (κ1) is 32.5. The van der Waals surface area contributed by atoms with Crippen LogP contribution in [0.25, 0.3) is 16.8 Å². The number of carboxylic acid groups (broad SMARTS) is 1. The Labute approximate surface area is 271 Å². The fraction of sp³-hybridized carbons (Fsp3) is 0.429. The van der Waals surface area contributed by atoms with Crippen molar-refractivity contribution in [1.29, 1.82) is 0 Å². The predicted octanol–water partition coefficient (Wildman–Crippen LogP) is 6.79. The molecule has 2 fully saturated rings. The third-order valence-corrected chi connectivity index (χ3v) is 9.31. The minimum atomic E-state index is -4.78. The van der Waals surface area contributed by atoms with Gasteiger partial charge >= 0.3 is 12.1 Å². The number of carboxylic acids is 1. The first-order chi connectivity index (χ1) is 22.3.